The van der Waals surface area contributed by atoms with E-state index in [1.807, 2.05) is 0 Å². The van der Waals surface area contributed by atoms with E-state index >= 15 is 0 Å². The summed E-state index contributed by atoms with van der Waals surface area (Å²) in [5, 5.41) is 4.01. The Balaban J connectivity index is 1.74. The van der Waals surface area contributed by atoms with Gasteiger partial charge in [-0.25, -0.2) is 13.6 Å². The smallest absolute Gasteiger partial charge is 0.326 e. The number of quaternary nitrogens is 1. The lowest BCUT2D eigenvalue weighted by Gasteiger charge is -2.26. The maximum atomic E-state index is 13.2. The summed E-state index contributed by atoms with van der Waals surface area (Å²) in [6.07, 6.45) is 2.20. The lowest BCUT2D eigenvalue weighted by Crippen LogP contribution is -3.14. The van der Waals surface area contributed by atoms with Gasteiger partial charge < -0.3 is 9.74 Å². The number of carbonyl (C=O) groups excluding carboxylic acids is 1. The molecular formula is C21H23F2N2O2+. The average molecular weight is 373 g/mol. The van der Waals surface area contributed by atoms with Gasteiger partial charge in [0.2, 0.25) is 0 Å². The third-order valence-electron chi connectivity index (χ3n) is 4.85. The molecule has 142 valence electrons. The molecular weight excluding hydrogens is 350 g/mol. The molecule has 1 aliphatic rings. The Bertz CT molecular complexity index is 748. The fourth-order valence-electron chi connectivity index (χ4n) is 3.17. The quantitative estimate of drug-likeness (QED) is 0.497. The highest BCUT2D eigenvalue weighted by atomic mass is 19.1. The van der Waals surface area contributed by atoms with Crippen LogP contribution in [0.4, 0.5) is 8.78 Å². The molecule has 1 N–H and O–H groups in total. The van der Waals surface area contributed by atoms with Gasteiger partial charge >= 0.3 is 5.97 Å². The van der Waals surface area contributed by atoms with Crippen molar-refractivity contribution in [2.45, 2.75) is 19.8 Å². The van der Waals surface area contributed by atoms with Crippen molar-refractivity contribution in [1.29, 1.82) is 0 Å². The molecule has 1 aliphatic heterocycles. The van der Waals surface area contributed by atoms with E-state index in [1.54, 1.807) is 24.3 Å². The standard InChI is InChI=1S/C21H22F2N2O2/c1-15-10-12-25(13-11-15)14-20(26)27-24-21(16-2-6-18(22)7-3-16)17-4-8-19(23)9-5-17/h2-9,15H,10-14H2,1H3/p+1. The molecule has 0 aromatic heterocycles. The van der Waals surface area contributed by atoms with E-state index in [0.717, 1.165) is 25.9 Å². The molecule has 0 atom stereocenters. The van der Waals surface area contributed by atoms with Crippen LogP contribution < -0.4 is 4.90 Å². The van der Waals surface area contributed by atoms with E-state index in [9.17, 15) is 13.6 Å². The van der Waals surface area contributed by atoms with Crippen molar-refractivity contribution in [2.24, 2.45) is 11.1 Å². The van der Waals surface area contributed by atoms with Crippen molar-refractivity contribution in [3.63, 3.8) is 0 Å². The van der Waals surface area contributed by atoms with Crippen LogP contribution in [0.1, 0.15) is 30.9 Å². The van der Waals surface area contributed by atoms with Gasteiger partial charge in [0.1, 0.15) is 17.3 Å². The molecule has 0 radical (unpaired) electrons. The predicted molar refractivity (Wildman–Crippen MR) is 98.5 cm³/mol. The van der Waals surface area contributed by atoms with Gasteiger partial charge in [-0.05, 0) is 67.3 Å². The van der Waals surface area contributed by atoms with Crippen LogP contribution in [-0.4, -0.2) is 31.3 Å². The summed E-state index contributed by atoms with van der Waals surface area (Å²) in [5.41, 5.74) is 1.51. The Morgan fingerprint density at radius 3 is 1.96 bits per heavy atom. The van der Waals surface area contributed by atoms with Crippen molar-refractivity contribution in [1.82, 2.24) is 0 Å². The van der Waals surface area contributed by atoms with Crippen LogP contribution in [0, 0.1) is 17.6 Å². The highest BCUT2D eigenvalue weighted by Crippen LogP contribution is 2.13. The van der Waals surface area contributed by atoms with Gasteiger partial charge in [-0.2, -0.15) is 0 Å². The molecule has 4 nitrogen and oxygen atoms in total. The summed E-state index contributed by atoms with van der Waals surface area (Å²) < 4.78 is 26.5. The summed E-state index contributed by atoms with van der Waals surface area (Å²) in [6.45, 7) is 4.37. The number of piperidine rings is 1. The van der Waals surface area contributed by atoms with Gasteiger partial charge in [-0.3, -0.25) is 0 Å². The summed E-state index contributed by atoms with van der Waals surface area (Å²) in [4.78, 5) is 18.5. The minimum Gasteiger partial charge on any atom is -0.326 e. The SMILES string of the molecule is CC1CC[NH+](CC(=O)ON=C(c2ccc(F)cc2)c2ccc(F)cc2)CC1. The fraction of sp³-hybridized carbons (Fsp3) is 0.333. The number of rotatable bonds is 5. The minimum atomic E-state index is -0.415. The molecule has 3 rings (SSSR count). The molecule has 0 spiro atoms. The molecule has 1 saturated heterocycles. The molecule has 2 aromatic carbocycles. The number of hydrogen-bond donors (Lipinski definition) is 1. The van der Waals surface area contributed by atoms with Gasteiger partial charge in [0, 0.05) is 11.1 Å². The first-order valence-corrected chi connectivity index (χ1v) is 9.14. The van der Waals surface area contributed by atoms with E-state index in [1.165, 1.54) is 29.2 Å². The van der Waals surface area contributed by atoms with Gasteiger partial charge in [0.25, 0.3) is 0 Å². The Kier molecular flexibility index (Phi) is 6.29. The molecule has 0 unspecified atom stereocenters. The molecule has 1 fully saturated rings. The molecule has 1 heterocycles. The largest absolute Gasteiger partial charge is 0.388 e. The summed E-state index contributed by atoms with van der Waals surface area (Å²) >= 11 is 0. The number of likely N-dealkylation sites (tertiary alicyclic amines) is 1. The molecule has 6 heteroatoms. The van der Waals surface area contributed by atoms with Crippen LogP contribution in [-0.2, 0) is 9.63 Å². The van der Waals surface area contributed by atoms with Crippen molar-refractivity contribution in [2.75, 3.05) is 19.6 Å². The van der Waals surface area contributed by atoms with Gasteiger partial charge in [0.15, 0.2) is 6.54 Å². The van der Waals surface area contributed by atoms with Gasteiger partial charge in [-0.15, -0.1) is 0 Å². The molecule has 0 amide bonds. The van der Waals surface area contributed by atoms with Crippen LogP contribution in [0.2, 0.25) is 0 Å². The summed E-state index contributed by atoms with van der Waals surface area (Å²) in [7, 11) is 0. The van der Waals surface area contributed by atoms with Crippen LogP contribution in [0.5, 0.6) is 0 Å². The summed E-state index contributed by atoms with van der Waals surface area (Å²) in [6, 6.07) is 11.4. The number of nitrogens with one attached hydrogen (secondary N) is 1. The van der Waals surface area contributed by atoms with Crippen LogP contribution in [0.25, 0.3) is 0 Å². The Morgan fingerprint density at radius 2 is 1.48 bits per heavy atom. The molecule has 0 saturated carbocycles. The van der Waals surface area contributed by atoms with Crippen LogP contribution >= 0.6 is 0 Å². The lowest BCUT2D eigenvalue weighted by atomic mass is 9.99. The zero-order valence-corrected chi connectivity index (χ0v) is 15.3. The maximum absolute atomic E-state index is 13.2. The highest BCUT2D eigenvalue weighted by Gasteiger charge is 2.22. The summed E-state index contributed by atoms with van der Waals surface area (Å²) in [5.74, 6) is -0.470. The fourth-order valence-corrected chi connectivity index (χ4v) is 3.17. The number of oxime groups is 1. The Hall–Kier alpha value is -2.60. The van der Waals surface area contributed by atoms with E-state index in [2.05, 4.69) is 12.1 Å². The van der Waals surface area contributed by atoms with E-state index in [-0.39, 0.29) is 18.2 Å². The number of nitrogens with zero attached hydrogens (tertiary/aromatic N) is 1. The zero-order valence-electron chi connectivity index (χ0n) is 15.3. The second-order valence-electron chi connectivity index (χ2n) is 7.03. The first kappa shape index (κ1) is 19.2. The first-order valence-electron chi connectivity index (χ1n) is 9.14. The zero-order chi connectivity index (χ0) is 19.2. The second kappa shape index (κ2) is 8.86. The first-order chi connectivity index (χ1) is 13.0. The lowest BCUT2D eigenvalue weighted by molar-refractivity contribution is -0.898. The minimum absolute atomic E-state index is 0.260. The molecule has 27 heavy (non-hydrogen) atoms. The number of benzene rings is 2. The molecule has 0 bridgehead atoms. The number of halogens is 2. The number of hydrogen-bond acceptors (Lipinski definition) is 3. The topological polar surface area (TPSA) is 43.1 Å². The van der Waals surface area contributed by atoms with Crippen molar-refractivity contribution < 1.29 is 23.3 Å². The van der Waals surface area contributed by atoms with E-state index in [4.69, 9.17) is 4.84 Å². The molecule has 0 aliphatic carbocycles. The normalized spacial score (nSPS) is 19.4. The van der Waals surface area contributed by atoms with Crippen molar-refractivity contribution >= 4 is 11.7 Å². The van der Waals surface area contributed by atoms with Crippen LogP contribution in [0.15, 0.2) is 53.7 Å². The predicted octanol–water partition coefficient (Wildman–Crippen LogP) is 2.58. The highest BCUT2D eigenvalue weighted by molar-refractivity contribution is 6.12. The second-order valence-corrected chi connectivity index (χ2v) is 7.03. The van der Waals surface area contributed by atoms with E-state index in [0.29, 0.717) is 22.8 Å². The monoisotopic (exact) mass is 373 g/mol. The van der Waals surface area contributed by atoms with Crippen LogP contribution in [0.3, 0.4) is 0 Å². The average Bonchev–Trinajstić information content (AvgIpc) is 2.66. The van der Waals surface area contributed by atoms with E-state index < -0.39 is 5.97 Å². The Labute approximate surface area is 157 Å². The Morgan fingerprint density at radius 1 is 1.00 bits per heavy atom. The third kappa shape index (κ3) is 5.44. The van der Waals surface area contributed by atoms with Crippen molar-refractivity contribution in [3.8, 4) is 0 Å². The third-order valence-corrected chi connectivity index (χ3v) is 4.85. The van der Waals surface area contributed by atoms with Gasteiger partial charge in [-0.1, -0.05) is 12.1 Å². The van der Waals surface area contributed by atoms with Crippen molar-refractivity contribution in [3.05, 3.63) is 71.3 Å². The molecule has 2 aromatic rings. The number of carbonyl (C=O) groups is 1. The maximum Gasteiger partial charge on any atom is 0.388 e. The van der Waals surface area contributed by atoms with Gasteiger partial charge in [0.05, 0.1) is 13.1 Å².